The van der Waals surface area contributed by atoms with E-state index < -0.39 is 0 Å². The molecule has 0 aromatic carbocycles. The van der Waals surface area contributed by atoms with E-state index in [0.29, 0.717) is 23.5 Å². The molecule has 1 aliphatic rings. The Balaban J connectivity index is 2.83. The highest BCUT2D eigenvalue weighted by Gasteiger charge is 2.23. The van der Waals surface area contributed by atoms with Crippen molar-refractivity contribution in [2.24, 2.45) is 10.4 Å². The van der Waals surface area contributed by atoms with Crippen LogP contribution in [0.4, 0.5) is 0 Å². The highest BCUT2D eigenvalue weighted by molar-refractivity contribution is 9.11. The Labute approximate surface area is 127 Å². The molecule has 1 aliphatic heterocycles. The molecule has 0 aliphatic carbocycles. The monoisotopic (exact) mass is 341 g/mol. The molecular weight excluding hydrogens is 322 g/mol. The Morgan fingerprint density at radius 1 is 1.60 bits per heavy atom. The minimum Gasteiger partial charge on any atom is -0.396 e. The van der Waals surface area contributed by atoms with Crippen LogP contribution < -0.4 is 10.6 Å². The van der Waals surface area contributed by atoms with Gasteiger partial charge in [-0.15, -0.1) is 0 Å². The molecule has 5 nitrogen and oxygen atoms in total. The largest absolute Gasteiger partial charge is 0.396 e. The van der Waals surface area contributed by atoms with E-state index in [9.17, 15) is 9.90 Å². The smallest absolute Gasteiger partial charge is 0.255 e. The Morgan fingerprint density at radius 3 is 2.80 bits per heavy atom. The third kappa shape index (κ3) is 4.31. The van der Waals surface area contributed by atoms with Gasteiger partial charge in [-0.3, -0.25) is 9.79 Å². The van der Waals surface area contributed by atoms with Crippen LogP contribution in [0.15, 0.2) is 39.2 Å². The summed E-state index contributed by atoms with van der Waals surface area (Å²) in [5.41, 5.74) is 1.16. The molecule has 6 heteroatoms. The Morgan fingerprint density at radius 2 is 2.25 bits per heavy atom. The fraction of sp³-hybridized carbons (Fsp3) is 0.429. The molecule has 0 fully saturated rings. The second-order valence-corrected chi connectivity index (χ2v) is 6.11. The molecule has 0 unspecified atom stereocenters. The number of amides is 1. The molecule has 1 heterocycles. The lowest BCUT2D eigenvalue weighted by Gasteiger charge is -2.22. The summed E-state index contributed by atoms with van der Waals surface area (Å²) in [5.74, 6) is -0.243. The number of allylic oxidation sites excluding steroid dienone is 1. The molecule has 0 bridgehead atoms. The van der Waals surface area contributed by atoms with Crippen molar-refractivity contribution in [2.75, 3.05) is 13.2 Å². The topological polar surface area (TPSA) is 73.7 Å². The maximum Gasteiger partial charge on any atom is 0.255 e. The van der Waals surface area contributed by atoms with Crippen molar-refractivity contribution in [3.8, 4) is 0 Å². The maximum atomic E-state index is 12.2. The maximum absolute atomic E-state index is 12.2. The molecule has 0 radical (unpaired) electrons. The number of hydrogen-bond acceptors (Lipinski definition) is 4. The number of hydrogen-bond donors (Lipinski definition) is 3. The van der Waals surface area contributed by atoms with Gasteiger partial charge >= 0.3 is 0 Å². The van der Waals surface area contributed by atoms with Gasteiger partial charge in [-0.2, -0.15) is 0 Å². The molecule has 0 saturated carbocycles. The molecule has 0 aromatic heterocycles. The van der Waals surface area contributed by atoms with Crippen molar-refractivity contribution < 1.29 is 9.90 Å². The summed E-state index contributed by atoms with van der Waals surface area (Å²) >= 11 is 3.33. The Kier molecular flexibility index (Phi) is 5.71. The first-order valence-electron chi connectivity index (χ1n) is 6.26. The van der Waals surface area contributed by atoms with E-state index in [2.05, 4.69) is 38.1 Å². The van der Waals surface area contributed by atoms with Crippen LogP contribution in [-0.4, -0.2) is 30.4 Å². The van der Waals surface area contributed by atoms with Crippen LogP contribution in [0.5, 0.6) is 0 Å². The molecule has 1 amide bonds. The molecule has 0 aromatic rings. The third-order valence-corrected chi connectivity index (χ3v) is 3.46. The van der Waals surface area contributed by atoms with E-state index in [0.717, 1.165) is 4.61 Å². The average molecular weight is 342 g/mol. The minimum atomic E-state index is -0.361. The summed E-state index contributed by atoms with van der Waals surface area (Å²) in [6, 6.07) is 0. The molecule has 0 spiro atoms. The molecule has 110 valence electrons. The van der Waals surface area contributed by atoms with Gasteiger partial charge in [0.2, 0.25) is 0 Å². The number of rotatable bonds is 6. The molecule has 1 rings (SSSR count). The zero-order valence-electron chi connectivity index (χ0n) is 12.0. The number of aliphatic hydroxyl groups is 1. The normalized spacial score (nSPS) is 15.8. The molecule has 3 N–H and O–H groups in total. The van der Waals surface area contributed by atoms with Crippen molar-refractivity contribution in [2.45, 2.75) is 20.8 Å². The quantitative estimate of drug-likeness (QED) is 0.645. The van der Waals surface area contributed by atoms with E-state index >= 15 is 0 Å². The van der Waals surface area contributed by atoms with E-state index in [1.807, 2.05) is 26.8 Å². The number of carbonyl (C=O) groups is 1. The molecule has 0 saturated heterocycles. The fourth-order valence-electron chi connectivity index (χ4n) is 1.40. The van der Waals surface area contributed by atoms with Crippen molar-refractivity contribution in [1.29, 1.82) is 0 Å². The first-order valence-corrected chi connectivity index (χ1v) is 7.05. The summed E-state index contributed by atoms with van der Waals surface area (Å²) in [4.78, 5) is 16.2. The van der Waals surface area contributed by atoms with Crippen molar-refractivity contribution in [3.63, 3.8) is 0 Å². The van der Waals surface area contributed by atoms with Crippen LogP contribution in [0, 0.1) is 5.41 Å². The fourth-order valence-corrected chi connectivity index (χ4v) is 1.60. The summed E-state index contributed by atoms with van der Waals surface area (Å²) < 4.78 is 0.736. The zero-order chi connectivity index (χ0) is 15.3. The van der Waals surface area contributed by atoms with Crippen molar-refractivity contribution in [1.82, 2.24) is 10.6 Å². The Bertz CT molecular complexity index is 505. The predicted molar refractivity (Wildman–Crippen MR) is 84.4 cm³/mol. The van der Waals surface area contributed by atoms with Gasteiger partial charge in [0, 0.05) is 24.8 Å². The van der Waals surface area contributed by atoms with Crippen LogP contribution in [-0.2, 0) is 4.79 Å². The second kappa shape index (κ2) is 6.85. The van der Waals surface area contributed by atoms with Gasteiger partial charge in [-0.1, -0.05) is 26.5 Å². The zero-order valence-corrected chi connectivity index (χ0v) is 13.5. The number of aliphatic hydroxyl groups excluding tert-OH is 1. The standard InChI is InChI=1S/C14H20BrN3O2/c1-5-11(15)18-12-9(2)16-6-10(12)13(20)17-7-14(3,4)8-19/h5-6,18-19H,2,7-8H2,1,3-4H3,(H,17,20)/b11-5-. The SMILES string of the molecule is C=C1N=CC(C(=O)NCC(C)(C)CO)=C1N/C(Br)=C\C. The number of nitrogens with zero attached hydrogens (tertiary/aromatic N) is 1. The van der Waals surface area contributed by atoms with Gasteiger partial charge in [0.05, 0.1) is 21.6 Å². The van der Waals surface area contributed by atoms with Gasteiger partial charge in [0.1, 0.15) is 0 Å². The van der Waals surface area contributed by atoms with Gasteiger partial charge in [-0.05, 0) is 22.9 Å². The Hall–Kier alpha value is -1.40. The number of carbonyl (C=O) groups excluding carboxylic acids is 1. The van der Waals surface area contributed by atoms with Crippen LogP contribution in [0.3, 0.4) is 0 Å². The number of nitrogens with one attached hydrogen (secondary N) is 2. The second-order valence-electron chi connectivity index (χ2n) is 5.26. The summed E-state index contributed by atoms with van der Waals surface area (Å²) in [6.45, 7) is 9.78. The molecule has 20 heavy (non-hydrogen) atoms. The van der Waals surface area contributed by atoms with E-state index in [1.165, 1.54) is 6.21 Å². The van der Waals surface area contributed by atoms with Gasteiger partial charge < -0.3 is 15.7 Å². The first kappa shape index (κ1) is 16.7. The van der Waals surface area contributed by atoms with Crippen molar-refractivity contribution >= 4 is 28.1 Å². The number of halogens is 1. The summed E-state index contributed by atoms with van der Waals surface area (Å²) in [7, 11) is 0. The lowest BCUT2D eigenvalue weighted by atomic mass is 9.95. The summed E-state index contributed by atoms with van der Waals surface area (Å²) in [5, 5.41) is 15.0. The van der Waals surface area contributed by atoms with E-state index in [1.54, 1.807) is 0 Å². The van der Waals surface area contributed by atoms with Gasteiger partial charge in [0.15, 0.2) is 0 Å². The average Bonchev–Trinajstić information content (AvgIpc) is 2.77. The summed E-state index contributed by atoms with van der Waals surface area (Å²) in [6.07, 6.45) is 3.31. The van der Waals surface area contributed by atoms with Crippen LogP contribution in [0.25, 0.3) is 0 Å². The predicted octanol–water partition coefficient (Wildman–Crippen LogP) is 1.82. The minimum absolute atomic E-state index is 0.00233. The van der Waals surface area contributed by atoms with Gasteiger partial charge in [-0.25, -0.2) is 0 Å². The number of aliphatic imine (C=N–C) groups is 1. The first-order chi connectivity index (χ1) is 9.30. The lowest BCUT2D eigenvalue weighted by Crippen LogP contribution is -2.37. The van der Waals surface area contributed by atoms with Gasteiger partial charge in [0.25, 0.3) is 5.91 Å². The van der Waals surface area contributed by atoms with Crippen LogP contribution in [0.1, 0.15) is 20.8 Å². The van der Waals surface area contributed by atoms with Crippen molar-refractivity contribution in [3.05, 3.63) is 34.2 Å². The van der Waals surface area contributed by atoms with Crippen LogP contribution >= 0.6 is 15.9 Å². The lowest BCUT2D eigenvalue weighted by molar-refractivity contribution is -0.117. The van der Waals surface area contributed by atoms with E-state index in [4.69, 9.17) is 0 Å². The molecule has 0 atom stereocenters. The highest BCUT2D eigenvalue weighted by Crippen LogP contribution is 2.21. The van der Waals surface area contributed by atoms with Crippen LogP contribution in [0.2, 0.25) is 0 Å². The highest BCUT2D eigenvalue weighted by atomic mass is 79.9. The molecular formula is C14H20BrN3O2. The third-order valence-electron chi connectivity index (χ3n) is 2.81. The van der Waals surface area contributed by atoms with E-state index in [-0.39, 0.29) is 17.9 Å².